The van der Waals surface area contributed by atoms with Crippen molar-refractivity contribution in [3.8, 4) is 0 Å². The number of hydrogen-bond acceptors (Lipinski definition) is 8. The lowest BCUT2D eigenvalue weighted by atomic mass is 10.2. The molecule has 2 aromatic carbocycles. The Kier molecular flexibility index (Phi) is 6.01. The number of likely N-dealkylation sites (N-methyl/N-ethyl adjacent to an activating group) is 1. The zero-order valence-corrected chi connectivity index (χ0v) is 19.2. The minimum atomic E-state index is -0.390. The highest BCUT2D eigenvalue weighted by Gasteiger charge is 2.15. The highest BCUT2D eigenvalue weighted by atomic mass is 16.5. The molecular weight excluding hydrogens is 430 g/mol. The van der Waals surface area contributed by atoms with Crippen LogP contribution in [0.1, 0.15) is 10.4 Å². The van der Waals surface area contributed by atoms with Gasteiger partial charge in [-0.2, -0.15) is 4.98 Å². The summed E-state index contributed by atoms with van der Waals surface area (Å²) in [6, 6.07) is 17.3. The minimum Gasteiger partial charge on any atom is -0.465 e. The molecule has 9 nitrogen and oxygen atoms in total. The molecule has 34 heavy (non-hydrogen) atoms. The summed E-state index contributed by atoms with van der Waals surface area (Å²) in [6.07, 6.45) is 1.82. The molecule has 9 heteroatoms. The number of aromatic nitrogens is 3. The van der Waals surface area contributed by atoms with Crippen molar-refractivity contribution in [1.29, 1.82) is 0 Å². The van der Waals surface area contributed by atoms with Crippen molar-refractivity contribution < 1.29 is 9.53 Å². The molecule has 0 bridgehead atoms. The van der Waals surface area contributed by atoms with Gasteiger partial charge in [-0.15, -0.1) is 0 Å². The van der Waals surface area contributed by atoms with Gasteiger partial charge >= 0.3 is 5.97 Å². The highest BCUT2D eigenvalue weighted by molar-refractivity contribution is 5.92. The first-order valence-corrected chi connectivity index (χ1v) is 11.2. The molecule has 0 spiro atoms. The summed E-state index contributed by atoms with van der Waals surface area (Å²) in [4.78, 5) is 29.1. The second kappa shape index (κ2) is 9.40. The maximum atomic E-state index is 11.9. The van der Waals surface area contributed by atoms with E-state index in [0.717, 1.165) is 48.6 Å². The number of aromatic amines is 1. The van der Waals surface area contributed by atoms with Crippen LogP contribution in [0.4, 0.5) is 28.8 Å². The predicted octanol–water partition coefficient (Wildman–Crippen LogP) is 3.98. The minimum absolute atomic E-state index is 0.390. The first-order chi connectivity index (χ1) is 16.6. The summed E-state index contributed by atoms with van der Waals surface area (Å²) in [7, 11) is 3.52. The Morgan fingerprint density at radius 1 is 0.971 bits per heavy atom. The third-order valence-electron chi connectivity index (χ3n) is 5.94. The average Bonchev–Trinajstić information content (AvgIpc) is 3.34. The molecule has 1 aliphatic heterocycles. The molecule has 3 N–H and O–H groups in total. The number of hydrogen-bond donors (Lipinski definition) is 3. The van der Waals surface area contributed by atoms with Crippen LogP contribution in [0.3, 0.4) is 0 Å². The van der Waals surface area contributed by atoms with Gasteiger partial charge < -0.3 is 30.2 Å². The van der Waals surface area contributed by atoms with Crippen molar-refractivity contribution in [3.63, 3.8) is 0 Å². The van der Waals surface area contributed by atoms with Crippen LogP contribution in [0, 0.1) is 0 Å². The molecule has 5 rings (SSSR count). The number of carbonyl (C=O) groups excluding carboxylic acids is 1. The number of esters is 1. The normalized spacial score (nSPS) is 14.2. The number of H-pyrrole nitrogens is 1. The number of piperazine rings is 1. The fraction of sp³-hybridized carbons (Fsp3) is 0.240. The number of benzene rings is 2. The number of nitrogens with one attached hydrogen (secondary N) is 3. The van der Waals surface area contributed by atoms with E-state index in [1.807, 2.05) is 30.5 Å². The molecule has 0 amide bonds. The fourth-order valence-corrected chi connectivity index (χ4v) is 4.02. The Bertz CT molecular complexity index is 1290. The van der Waals surface area contributed by atoms with Crippen LogP contribution in [-0.4, -0.2) is 66.2 Å². The van der Waals surface area contributed by atoms with Gasteiger partial charge in [0.2, 0.25) is 5.95 Å². The molecule has 4 aromatic rings. The van der Waals surface area contributed by atoms with Crippen molar-refractivity contribution in [2.75, 3.05) is 55.9 Å². The second-order valence-electron chi connectivity index (χ2n) is 8.29. The van der Waals surface area contributed by atoms with E-state index < -0.39 is 5.97 Å². The van der Waals surface area contributed by atoms with E-state index >= 15 is 0 Å². The molecule has 0 saturated carbocycles. The van der Waals surface area contributed by atoms with Gasteiger partial charge in [0.1, 0.15) is 5.52 Å². The van der Waals surface area contributed by atoms with E-state index in [-0.39, 0.29) is 0 Å². The highest BCUT2D eigenvalue weighted by Crippen LogP contribution is 2.27. The zero-order valence-electron chi connectivity index (χ0n) is 19.2. The first kappa shape index (κ1) is 21.7. The topological polar surface area (TPSA) is 98.4 Å². The summed E-state index contributed by atoms with van der Waals surface area (Å²) in [5, 5.41) is 6.60. The summed E-state index contributed by atoms with van der Waals surface area (Å²) in [5.41, 5.74) is 4.86. The lowest BCUT2D eigenvalue weighted by molar-refractivity contribution is 0.0601. The number of carbonyl (C=O) groups is 1. The van der Waals surface area contributed by atoms with E-state index in [1.54, 1.807) is 18.2 Å². The molecule has 1 aliphatic rings. The summed E-state index contributed by atoms with van der Waals surface area (Å²) in [5.74, 6) is 0.693. The van der Waals surface area contributed by atoms with E-state index in [2.05, 4.69) is 54.6 Å². The Hall–Kier alpha value is -4.11. The van der Waals surface area contributed by atoms with Gasteiger partial charge in [-0.3, -0.25) is 0 Å². The van der Waals surface area contributed by atoms with E-state index in [4.69, 9.17) is 4.74 Å². The molecule has 0 radical (unpaired) electrons. The second-order valence-corrected chi connectivity index (χ2v) is 8.29. The fourth-order valence-electron chi connectivity index (χ4n) is 4.02. The van der Waals surface area contributed by atoms with Crippen LogP contribution in [-0.2, 0) is 4.74 Å². The largest absolute Gasteiger partial charge is 0.465 e. The Balaban J connectivity index is 1.36. The number of rotatable bonds is 6. The first-order valence-electron chi connectivity index (χ1n) is 11.2. The van der Waals surface area contributed by atoms with Crippen LogP contribution < -0.4 is 15.5 Å². The molecular formula is C25H27N7O2. The maximum absolute atomic E-state index is 11.9. The van der Waals surface area contributed by atoms with Crippen molar-refractivity contribution in [2.24, 2.45) is 0 Å². The van der Waals surface area contributed by atoms with Gasteiger partial charge in [0.25, 0.3) is 0 Å². The molecule has 174 valence electrons. The standard InChI is InChI=1S/C25H27N7O2/c1-31-12-14-32(15-13-31)20-8-6-18(7-9-20)28-25-29-21-10-11-26-22(21)23(30-25)27-19-5-3-4-17(16-19)24(33)34-2/h3-11,16,26H,12-15H2,1-2H3,(H2,27,28,29,30). The number of anilines is 5. The molecule has 1 fully saturated rings. The van der Waals surface area contributed by atoms with E-state index in [0.29, 0.717) is 17.3 Å². The zero-order chi connectivity index (χ0) is 23.5. The molecule has 0 atom stereocenters. The van der Waals surface area contributed by atoms with Crippen LogP contribution in [0.5, 0.6) is 0 Å². The van der Waals surface area contributed by atoms with Crippen LogP contribution in [0.15, 0.2) is 60.8 Å². The molecule has 2 aromatic heterocycles. The van der Waals surface area contributed by atoms with E-state index in [1.165, 1.54) is 12.8 Å². The lowest BCUT2D eigenvalue weighted by Gasteiger charge is -2.34. The van der Waals surface area contributed by atoms with Gasteiger partial charge in [0.15, 0.2) is 5.82 Å². The van der Waals surface area contributed by atoms with Gasteiger partial charge in [-0.25, -0.2) is 9.78 Å². The smallest absolute Gasteiger partial charge is 0.337 e. The van der Waals surface area contributed by atoms with Gasteiger partial charge in [0.05, 0.1) is 18.2 Å². The Morgan fingerprint density at radius 2 is 1.76 bits per heavy atom. The third kappa shape index (κ3) is 4.65. The Labute approximate surface area is 197 Å². The number of nitrogens with zero attached hydrogens (tertiary/aromatic N) is 4. The van der Waals surface area contributed by atoms with Crippen LogP contribution in [0.25, 0.3) is 11.0 Å². The number of methoxy groups -OCH3 is 1. The molecule has 3 heterocycles. The Morgan fingerprint density at radius 3 is 2.53 bits per heavy atom. The third-order valence-corrected chi connectivity index (χ3v) is 5.94. The van der Waals surface area contributed by atoms with E-state index in [9.17, 15) is 4.79 Å². The van der Waals surface area contributed by atoms with Crippen molar-refractivity contribution in [3.05, 3.63) is 66.4 Å². The summed E-state index contributed by atoms with van der Waals surface area (Å²) in [6.45, 7) is 4.21. The van der Waals surface area contributed by atoms with Gasteiger partial charge in [-0.1, -0.05) is 6.07 Å². The SMILES string of the molecule is COC(=O)c1cccc(Nc2nc(Nc3ccc(N4CCN(C)CC4)cc3)nc3cc[nH]c23)c1. The monoisotopic (exact) mass is 457 g/mol. The van der Waals surface area contributed by atoms with Crippen molar-refractivity contribution in [2.45, 2.75) is 0 Å². The summed E-state index contributed by atoms with van der Waals surface area (Å²) >= 11 is 0. The van der Waals surface area contributed by atoms with Crippen molar-refractivity contribution in [1.82, 2.24) is 19.9 Å². The quantitative estimate of drug-likeness (QED) is 0.374. The molecule has 0 unspecified atom stereocenters. The van der Waals surface area contributed by atoms with Crippen molar-refractivity contribution >= 4 is 45.8 Å². The van der Waals surface area contributed by atoms with Gasteiger partial charge in [0, 0.05) is 49.4 Å². The molecule has 0 aliphatic carbocycles. The van der Waals surface area contributed by atoms with Crippen LogP contribution >= 0.6 is 0 Å². The van der Waals surface area contributed by atoms with Crippen LogP contribution in [0.2, 0.25) is 0 Å². The number of ether oxygens (including phenoxy) is 1. The predicted molar refractivity (Wildman–Crippen MR) is 134 cm³/mol. The number of fused-ring (bicyclic) bond motifs is 1. The van der Waals surface area contributed by atoms with Gasteiger partial charge in [-0.05, 0) is 55.6 Å². The maximum Gasteiger partial charge on any atom is 0.337 e. The average molecular weight is 458 g/mol. The lowest BCUT2D eigenvalue weighted by Crippen LogP contribution is -2.44. The molecule has 1 saturated heterocycles. The summed E-state index contributed by atoms with van der Waals surface area (Å²) < 4.78 is 4.82.